The Morgan fingerprint density at radius 1 is 1.25 bits per heavy atom. The van der Waals surface area contributed by atoms with Crippen LogP contribution in [0.2, 0.25) is 0 Å². The maximum absolute atomic E-state index is 5.53. The minimum absolute atomic E-state index is 0.189. The molecule has 4 rings (SSSR count). The van der Waals surface area contributed by atoms with Gasteiger partial charge in [0, 0.05) is 25.5 Å². The highest BCUT2D eigenvalue weighted by Crippen LogP contribution is 2.27. The highest BCUT2D eigenvalue weighted by molar-refractivity contribution is 5.18. The van der Waals surface area contributed by atoms with Crippen molar-refractivity contribution in [1.82, 2.24) is 20.0 Å². The molecule has 1 aliphatic rings. The summed E-state index contributed by atoms with van der Waals surface area (Å²) >= 11 is 0. The van der Waals surface area contributed by atoms with E-state index >= 15 is 0 Å². The molecular formula is C14H14N4O2. The zero-order valence-electron chi connectivity index (χ0n) is 10.8. The van der Waals surface area contributed by atoms with Crippen molar-refractivity contribution in [3.05, 3.63) is 60.4 Å². The van der Waals surface area contributed by atoms with Crippen molar-refractivity contribution >= 4 is 0 Å². The number of rotatable bonds is 4. The summed E-state index contributed by atoms with van der Waals surface area (Å²) in [6, 6.07) is 7.53. The van der Waals surface area contributed by atoms with Crippen LogP contribution in [0, 0.1) is 0 Å². The molecule has 0 radical (unpaired) electrons. The van der Waals surface area contributed by atoms with Gasteiger partial charge in [-0.2, -0.15) is 4.98 Å². The molecule has 1 saturated heterocycles. The van der Waals surface area contributed by atoms with Crippen LogP contribution in [-0.2, 0) is 0 Å². The summed E-state index contributed by atoms with van der Waals surface area (Å²) in [5.74, 6) is 2.44. The molecule has 0 saturated carbocycles. The molecular weight excluding hydrogens is 256 g/mol. The lowest BCUT2D eigenvalue weighted by Gasteiger charge is -2.22. The van der Waals surface area contributed by atoms with Crippen molar-refractivity contribution in [2.45, 2.75) is 12.0 Å². The van der Waals surface area contributed by atoms with Crippen LogP contribution in [0.3, 0.4) is 0 Å². The van der Waals surface area contributed by atoms with E-state index in [9.17, 15) is 0 Å². The van der Waals surface area contributed by atoms with Crippen molar-refractivity contribution in [3.8, 4) is 0 Å². The lowest BCUT2D eigenvalue weighted by atomic mass is 10.0. The van der Waals surface area contributed by atoms with Crippen LogP contribution >= 0.6 is 0 Å². The predicted octanol–water partition coefficient (Wildman–Crippen LogP) is 1.79. The average molecular weight is 270 g/mol. The molecule has 6 heteroatoms. The van der Waals surface area contributed by atoms with E-state index in [2.05, 4.69) is 15.5 Å². The van der Waals surface area contributed by atoms with Gasteiger partial charge in [0.1, 0.15) is 5.76 Å². The van der Waals surface area contributed by atoms with Gasteiger partial charge in [-0.3, -0.25) is 0 Å². The molecule has 20 heavy (non-hydrogen) atoms. The minimum atomic E-state index is -0.189. The van der Waals surface area contributed by atoms with Crippen LogP contribution in [0.1, 0.15) is 29.4 Å². The van der Waals surface area contributed by atoms with Gasteiger partial charge in [0.2, 0.25) is 11.7 Å². The molecule has 0 bridgehead atoms. The predicted molar refractivity (Wildman–Crippen MR) is 70.3 cm³/mol. The van der Waals surface area contributed by atoms with E-state index in [0.717, 1.165) is 18.8 Å². The van der Waals surface area contributed by atoms with Gasteiger partial charge < -0.3 is 18.8 Å². The first kappa shape index (κ1) is 11.5. The van der Waals surface area contributed by atoms with E-state index in [-0.39, 0.29) is 6.04 Å². The first-order valence-electron chi connectivity index (χ1n) is 6.62. The molecule has 3 aromatic heterocycles. The maximum atomic E-state index is 5.53. The first-order valence-corrected chi connectivity index (χ1v) is 6.62. The van der Waals surface area contributed by atoms with Gasteiger partial charge in [-0.15, -0.1) is 0 Å². The van der Waals surface area contributed by atoms with E-state index in [0.29, 0.717) is 17.6 Å². The second kappa shape index (κ2) is 4.64. The second-order valence-electron chi connectivity index (χ2n) is 4.89. The number of nitrogens with one attached hydrogen (secondary N) is 1. The SMILES string of the molecule is c1coc(C(c2noc(C3CNC3)n2)n2cccc2)c1. The summed E-state index contributed by atoms with van der Waals surface area (Å²) in [6.45, 7) is 1.80. The van der Waals surface area contributed by atoms with Crippen LogP contribution in [0.4, 0.5) is 0 Å². The fourth-order valence-corrected chi connectivity index (χ4v) is 2.36. The molecule has 0 amide bonds. The summed E-state index contributed by atoms with van der Waals surface area (Å²) in [5, 5.41) is 7.34. The smallest absolute Gasteiger partial charge is 0.232 e. The molecule has 102 valence electrons. The van der Waals surface area contributed by atoms with Gasteiger partial charge in [-0.05, 0) is 24.3 Å². The largest absolute Gasteiger partial charge is 0.467 e. The standard InChI is InChI=1S/C14H14N4O2/c1-2-6-18(5-1)12(11-4-3-7-19-11)13-16-14(20-17-13)10-8-15-9-10/h1-7,10,12,15H,8-9H2. The molecule has 6 nitrogen and oxygen atoms in total. The lowest BCUT2D eigenvalue weighted by molar-refractivity contribution is 0.304. The van der Waals surface area contributed by atoms with Crippen molar-refractivity contribution in [2.24, 2.45) is 0 Å². The Morgan fingerprint density at radius 2 is 2.10 bits per heavy atom. The zero-order valence-corrected chi connectivity index (χ0v) is 10.8. The molecule has 4 heterocycles. The van der Waals surface area contributed by atoms with E-state index in [1.54, 1.807) is 6.26 Å². The van der Waals surface area contributed by atoms with Crippen LogP contribution in [0.5, 0.6) is 0 Å². The summed E-state index contributed by atoms with van der Waals surface area (Å²) in [5.41, 5.74) is 0. The summed E-state index contributed by atoms with van der Waals surface area (Å²) < 4.78 is 12.9. The molecule has 1 atom stereocenters. The van der Waals surface area contributed by atoms with Crippen molar-refractivity contribution < 1.29 is 8.94 Å². The van der Waals surface area contributed by atoms with Crippen molar-refractivity contribution in [1.29, 1.82) is 0 Å². The molecule has 1 N–H and O–H groups in total. The highest BCUT2D eigenvalue weighted by Gasteiger charge is 2.29. The van der Waals surface area contributed by atoms with E-state index in [1.807, 2.05) is 41.2 Å². The van der Waals surface area contributed by atoms with Gasteiger partial charge in [0.05, 0.1) is 12.2 Å². The Bertz CT molecular complexity index is 634. The monoisotopic (exact) mass is 270 g/mol. The zero-order chi connectivity index (χ0) is 13.4. The van der Waals surface area contributed by atoms with E-state index < -0.39 is 0 Å². The number of hydrogen-bond acceptors (Lipinski definition) is 5. The molecule has 0 aliphatic carbocycles. The minimum Gasteiger partial charge on any atom is -0.467 e. The number of aromatic nitrogens is 3. The quantitative estimate of drug-likeness (QED) is 0.782. The topological polar surface area (TPSA) is 69.0 Å². The Kier molecular flexibility index (Phi) is 2.67. The average Bonchev–Trinajstić information content (AvgIpc) is 3.10. The Morgan fingerprint density at radius 3 is 2.75 bits per heavy atom. The van der Waals surface area contributed by atoms with Crippen LogP contribution < -0.4 is 5.32 Å². The first-order chi connectivity index (χ1) is 9.92. The van der Waals surface area contributed by atoms with Crippen molar-refractivity contribution in [2.75, 3.05) is 13.1 Å². The Labute approximate surface area is 115 Å². The summed E-state index contributed by atoms with van der Waals surface area (Å²) in [4.78, 5) is 4.55. The number of furan rings is 1. The number of hydrogen-bond donors (Lipinski definition) is 1. The Balaban J connectivity index is 1.72. The summed E-state index contributed by atoms with van der Waals surface area (Å²) in [6.07, 6.45) is 5.59. The van der Waals surface area contributed by atoms with Gasteiger partial charge in [-0.25, -0.2) is 0 Å². The van der Waals surface area contributed by atoms with E-state index in [1.165, 1.54) is 0 Å². The second-order valence-corrected chi connectivity index (χ2v) is 4.89. The fourth-order valence-electron chi connectivity index (χ4n) is 2.36. The van der Waals surface area contributed by atoms with Gasteiger partial charge in [-0.1, -0.05) is 5.16 Å². The molecule has 1 fully saturated rings. The van der Waals surface area contributed by atoms with Gasteiger partial charge in [0.25, 0.3) is 0 Å². The third kappa shape index (κ3) is 1.85. The highest BCUT2D eigenvalue weighted by atomic mass is 16.5. The fraction of sp³-hybridized carbons (Fsp3) is 0.286. The molecule has 0 aromatic carbocycles. The number of nitrogens with zero attached hydrogens (tertiary/aromatic N) is 3. The maximum Gasteiger partial charge on any atom is 0.232 e. The normalized spacial score (nSPS) is 17.0. The van der Waals surface area contributed by atoms with Gasteiger partial charge >= 0.3 is 0 Å². The molecule has 3 aromatic rings. The van der Waals surface area contributed by atoms with Gasteiger partial charge in [0.15, 0.2) is 6.04 Å². The molecule has 1 aliphatic heterocycles. The van der Waals surface area contributed by atoms with Crippen LogP contribution in [-0.4, -0.2) is 27.8 Å². The van der Waals surface area contributed by atoms with Crippen LogP contribution in [0.15, 0.2) is 51.9 Å². The Hall–Kier alpha value is -2.34. The third-order valence-electron chi connectivity index (χ3n) is 3.57. The van der Waals surface area contributed by atoms with Crippen LogP contribution in [0.25, 0.3) is 0 Å². The van der Waals surface area contributed by atoms with E-state index in [4.69, 9.17) is 8.94 Å². The third-order valence-corrected chi connectivity index (χ3v) is 3.57. The molecule has 0 spiro atoms. The molecule has 1 unspecified atom stereocenters. The van der Waals surface area contributed by atoms with Crippen molar-refractivity contribution in [3.63, 3.8) is 0 Å². The summed E-state index contributed by atoms with van der Waals surface area (Å²) in [7, 11) is 0. The lowest BCUT2D eigenvalue weighted by Crippen LogP contribution is -2.40.